The Balaban J connectivity index is 1.86. The molecule has 1 unspecified atom stereocenters. The van der Waals surface area contributed by atoms with Crippen molar-refractivity contribution in [2.45, 2.75) is 76.7 Å². The third kappa shape index (κ3) is 8.57. The van der Waals surface area contributed by atoms with Gasteiger partial charge < -0.3 is 15.7 Å². The Morgan fingerprint density at radius 2 is 1.74 bits per heavy atom. The highest BCUT2D eigenvalue weighted by atomic mass is 16.5. The van der Waals surface area contributed by atoms with Gasteiger partial charge in [-0.3, -0.25) is 19.6 Å². The van der Waals surface area contributed by atoms with E-state index in [9.17, 15) is 19.5 Å². The van der Waals surface area contributed by atoms with Crippen LogP contribution in [0.4, 0.5) is 0 Å². The highest BCUT2D eigenvalue weighted by Crippen LogP contribution is 2.27. The van der Waals surface area contributed by atoms with Gasteiger partial charge in [-0.2, -0.15) is 0 Å². The van der Waals surface area contributed by atoms with Crippen LogP contribution in [0.25, 0.3) is 0 Å². The molecule has 0 heterocycles. The van der Waals surface area contributed by atoms with Gasteiger partial charge in [0.05, 0.1) is 6.42 Å². The molecule has 0 aromatic heterocycles. The molecule has 31 heavy (non-hydrogen) atoms. The number of hydroxylamine groups is 1. The van der Waals surface area contributed by atoms with E-state index in [0.717, 1.165) is 18.4 Å². The zero-order valence-corrected chi connectivity index (χ0v) is 18.3. The van der Waals surface area contributed by atoms with Crippen LogP contribution in [0.3, 0.4) is 0 Å². The quantitative estimate of drug-likeness (QED) is 0.271. The van der Waals surface area contributed by atoms with Crippen molar-refractivity contribution < 1.29 is 24.7 Å². The van der Waals surface area contributed by atoms with E-state index in [2.05, 4.69) is 10.6 Å². The number of amides is 3. The second kappa shape index (κ2) is 12.3. The minimum atomic E-state index is -1.47. The molecule has 0 radical (unpaired) electrons. The molecule has 0 spiro atoms. The van der Waals surface area contributed by atoms with Crippen molar-refractivity contribution in [3.63, 3.8) is 0 Å². The molecule has 0 aliphatic heterocycles. The summed E-state index contributed by atoms with van der Waals surface area (Å²) in [6.07, 6.45) is 8.47. The van der Waals surface area contributed by atoms with Crippen LogP contribution in [-0.2, 0) is 20.8 Å². The molecule has 0 bridgehead atoms. The van der Waals surface area contributed by atoms with Gasteiger partial charge in [-0.15, -0.1) is 0 Å². The first-order chi connectivity index (χ1) is 14.8. The number of rotatable bonds is 11. The van der Waals surface area contributed by atoms with Crippen LogP contribution >= 0.6 is 0 Å². The van der Waals surface area contributed by atoms with E-state index in [1.165, 1.54) is 44.5 Å². The Morgan fingerprint density at radius 3 is 2.39 bits per heavy atom. The Morgan fingerprint density at radius 1 is 1.06 bits per heavy atom. The van der Waals surface area contributed by atoms with Crippen molar-refractivity contribution in [1.29, 1.82) is 0 Å². The van der Waals surface area contributed by atoms with Crippen LogP contribution in [0.5, 0.6) is 5.75 Å². The lowest BCUT2D eigenvalue weighted by molar-refractivity contribution is -0.139. The summed E-state index contributed by atoms with van der Waals surface area (Å²) in [5, 5.41) is 23.7. The molecule has 5 N–H and O–H groups in total. The zero-order valence-electron chi connectivity index (χ0n) is 18.3. The summed E-state index contributed by atoms with van der Waals surface area (Å²) in [6, 6.07) is 6.66. The topological polar surface area (TPSA) is 128 Å². The van der Waals surface area contributed by atoms with Crippen LogP contribution in [0.2, 0.25) is 0 Å². The van der Waals surface area contributed by atoms with Gasteiger partial charge >= 0.3 is 0 Å². The van der Waals surface area contributed by atoms with E-state index < -0.39 is 17.4 Å². The number of carbonyl (C=O) groups is 3. The lowest BCUT2D eigenvalue weighted by Gasteiger charge is -2.29. The van der Waals surface area contributed by atoms with Gasteiger partial charge in [-0.1, -0.05) is 44.2 Å². The van der Waals surface area contributed by atoms with Gasteiger partial charge in [0, 0.05) is 13.0 Å². The minimum Gasteiger partial charge on any atom is -0.508 e. The average molecular weight is 434 g/mol. The fourth-order valence-corrected chi connectivity index (χ4v) is 4.12. The molecule has 1 saturated carbocycles. The smallest absolute Gasteiger partial charge is 0.246 e. The van der Waals surface area contributed by atoms with E-state index in [1.54, 1.807) is 24.3 Å². The molecule has 1 fully saturated rings. The molecule has 172 valence electrons. The highest BCUT2D eigenvalue weighted by Gasteiger charge is 2.37. The first kappa shape index (κ1) is 24.7. The highest BCUT2D eigenvalue weighted by molar-refractivity contribution is 5.95. The van der Waals surface area contributed by atoms with Crippen molar-refractivity contribution in [2.24, 2.45) is 5.92 Å². The fraction of sp³-hybridized carbons (Fsp3) is 0.609. The fourth-order valence-electron chi connectivity index (χ4n) is 4.12. The van der Waals surface area contributed by atoms with E-state index in [4.69, 9.17) is 5.21 Å². The molecule has 1 aliphatic rings. The predicted molar refractivity (Wildman–Crippen MR) is 116 cm³/mol. The number of hydrogen-bond acceptors (Lipinski definition) is 5. The second-order valence-corrected chi connectivity index (χ2v) is 8.66. The average Bonchev–Trinajstić information content (AvgIpc) is 2.75. The van der Waals surface area contributed by atoms with Crippen molar-refractivity contribution >= 4 is 17.7 Å². The second-order valence-electron chi connectivity index (χ2n) is 8.66. The van der Waals surface area contributed by atoms with Crippen LogP contribution < -0.4 is 16.1 Å². The Labute approximate surface area is 183 Å². The third-order valence-corrected chi connectivity index (χ3v) is 5.93. The Bertz CT molecular complexity index is 731. The van der Waals surface area contributed by atoms with Crippen molar-refractivity contribution in [1.82, 2.24) is 16.1 Å². The SMILES string of the molecule is CC(CC(=O)NO)(NC(=O)CCCC1CCCCC1)C(=O)NCCc1ccc(O)cc1. The van der Waals surface area contributed by atoms with E-state index in [1.807, 2.05) is 0 Å². The van der Waals surface area contributed by atoms with Gasteiger partial charge in [0.1, 0.15) is 11.3 Å². The summed E-state index contributed by atoms with van der Waals surface area (Å²) < 4.78 is 0. The van der Waals surface area contributed by atoms with Gasteiger partial charge in [0.15, 0.2) is 0 Å². The zero-order chi connectivity index (χ0) is 22.7. The van der Waals surface area contributed by atoms with Crippen molar-refractivity contribution in [3.8, 4) is 5.75 Å². The van der Waals surface area contributed by atoms with Crippen LogP contribution in [0.15, 0.2) is 24.3 Å². The molecule has 0 saturated heterocycles. The molecule has 1 atom stereocenters. The van der Waals surface area contributed by atoms with Gasteiger partial charge in [0.25, 0.3) is 0 Å². The number of phenols is 1. The van der Waals surface area contributed by atoms with Crippen LogP contribution in [0, 0.1) is 5.92 Å². The Kier molecular flexibility index (Phi) is 9.78. The van der Waals surface area contributed by atoms with E-state index in [0.29, 0.717) is 25.3 Å². The monoisotopic (exact) mass is 433 g/mol. The molecule has 1 aromatic rings. The number of carbonyl (C=O) groups excluding carboxylic acids is 3. The molecular weight excluding hydrogens is 398 g/mol. The molecule has 1 aliphatic carbocycles. The normalized spacial score (nSPS) is 16.2. The number of aromatic hydroxyl groups is 1. The number of phenolic OH excluding ortho intramolecular Hbond substituents is 1. The van der Waals surface area contributed by atoms with E-state index >= 15 is 0 Å². The standard InChI is InChI=1S/C23H35N3O5/c1-23(16-21(29)26-31,22(30)24-15-14-18-10-12-19(27)13-11-18)25-20(28)9-5-8-17-6-3-2-4-7-17/h10-13,17,27,31H,2-9,14-16H2,1H3,(H,24,30)(H,25,28)(H,26,29). The summed E-state index contributed by atoms with van der Waals surface area (Å²) in [5.41, 5.74) is 0.990. The maximum absolute atomic E-state index is 12.8. The van der Waals surface area contributed by atoms with Gasteiger partial charge in [-0.05, 0) is 49.8 Å². The van der Waals surface area contributed by atoms with Crippen LogP contribution in [-0.4, -0.2) is 40.1 Å². The predicted octanol–water partition coefficient (Wildman–Crippen LogP) is 2.57. The van der Waals surface area contributed by atoms with Crippen molar-refractivity contribution in [2.75, 3.05) is 6.54 Å². The summed E-state index contributed by atoms with van der Waals surface area (Å²) in [7, 11) is 0. The number of nitrogens with one attached hydrogen (secondary N) is 3. The summed E-state index contributed by atoms with van der Waals surface area (Å²) >= 11 is 0. The minimum absolute atomic E-state index is 0.168. The third-order valence-electron chi connectivity index (χ3n) is 5.93. The first-order valence-corrected chi connectivity index (χ1v) is 11.1. The maximum Gasteiger partial charge on any atom is 0.246 e. The lowest BCUT2D eigenvalue weighted by atomic mass is 9.86. The molecule has 2 rings (SSSR count). The lowest BCUT2D eigenvalue weighted by Crippen LogP contribution is -2.58. The van der Waals surface area contributed by atoms with Crippen molar-refractivity contribution in [3.05, 3.63) is 29.8 Å². The van der Waals surface area contributed by atoms with E-state index in [-0.39, 0.29) is 18.1 Å². The van der Waals surface area contributed by atoms with Gasteiger partial charge in [0.2, 0.25) is 17.7 Å². The largest absolute Gasteiger partial charge is 0.508 e. The summed E-state index contributed by atoms with van der Waals surface area (Å²) in [6.45, 7) is 1.79. The Hall–Kier alpha value is -2.61. The number of benzene rings is 1. The van der Waals surface area contributed by atoms with Crippen LogP contribution in [0.1, 0.15) is 70.3 Å². The molecular formula is C23H35N3O5. The molecule has 8 nitrogen and oxygen atoms in total. The first-order valence-electron chi connectivity index (χ1n) is 11.1. The summed E-state index contributed by atoms with van der Waals surface area (Å²) in [4.78, 5) is 37.0. The molecule has 1 aromatic carbocycles. The van der Waals surface area contributed by atoms with Gasteiger partial charge in [-0.25, -0.2) is 5.48 Å². The molecule has 8 heteroatoms. The number of hydrogen-bond donors (Lipinski definition) is 5. The summed E-state index contributed by atoms with van der Waals surface area (Å²) in [5.74, 6) is -0.676. The molecule has 3 amide bonds. The maximum atomic E-state index is 12.8.